The predicted molar refractivity (Wildman–Crippen MR) is 70.7 cm³/mol. The number of rotatable bonds is 3. The van der Waals surface area contributed by atoms with Gasteiger partial charge in [-0.2, -0.15) is 0 Å². The monoisotopic (exact) mass is 261 g/mol. The molecule has 0 radical (unpaired) electrons. The molecule has 2 aliphatic rings. The van der Waals surface area contributed by atoms with Crippen LogP contribution < -0.4 is 5.32 Å². The molecule has 0 amide bonds. The highest BCUT2D eigenvalue weighted by Crippen LogP contribution is 2.17. The van der Waals surface area contributed by atoms with Crippen LogP contribution in [-0.4, -0.2) is 31.3 Å². The van der Waals surface area contributed by atoms with Crippen LogP contribution in [0.2, 0.25) is 0 Å². The van der Waals surface area contributed by atoms with Crippen LogP contribution in [-0.2, 0) is 27.2 Å². The zero-order valence-electron chi connectivity index (χ0n) is 10.9. The Morgan fingerprint density at radius 2 is 2.21 bits per heavy atom. The number of fused-ring (bicyclic) bond motifs is 1. The van der Waals surface area contributed by atoms with E-state index >= 15 is 0 Å². The van der Waals surface area contributed by atoms with E-state index in [0.29, 0.717) is 13.0 Å². The lowest BCUT2D eigenvalue weighted by molar-refractivity contribution is -0.149. The van der Waals surface area contributed by atoms with Crippen LogP contribution in [0.5, 0.6) is 0 Å². The van der Waals surface area contributed by atoms with Crippen molar-refractivity contribution in [3.63, 3.8) is 0 Å². The normalized spacial score (nSPS) is 25.9. The Morgan fingerprint density at radius 1 is 1.37 bits per heavy atom. The average Bonchev–Trinajstić information content (AvgIpc) is 2.97. The third-order valence-electron chi connectivity index (χ3n) is 3.80. The maximum Gasteiger partial charge on any atom is 0.323 e. The molecule has 4 nitrogen and oxygen atoms in total. The number of benzene rings is 1. The molecule has 0 aliphatic carbocycles. The Bertz CT molecular complexity index is 454. The molecule has 0 bridgehead atoms. The van der Waals surface area contributed by atoms with Gasteiger partial charge >= 0.3 is 5.97 Å². The lowest BCUT2D eigenvalue weighted by Crippen LogP contribution is -2.43. The first kappa shape index (κ1) is 12.6. The molecule has 1 N–H and O–H groups in total. The molecule has 1 aromatic carbocycles. The number of hydrogen-bond acceptors (Lipinski definition) is 4. The SMILES string of the molecule is O=C(OCC1CCCO1)C1Cc2ccccc2CN1. The van der Waals surface area contributed by atoms with Gasteiger partial charge in [-0.25, -0.2) is 0 Å². The van der Waals surface area contributed by atoms with Crippen LogP contribution in [0.25, 0.3) is 0 Å². The van der Waals surface area contributed by atoms with Crippen molar-refractivity contribution in [2.75, 3.05) is 13.2 Å². The summed E-state index contributed by atoms with van der Waals surface area (Å²) in [5.74, 6) is -0.162. The summed E-state index contributed by atoms with van der Waals surface area (Å²) in [6, 6.07) is 7.98. The number of carbonyl (C=O) groups is 1. The van der Waals surface area contributed by atoms with E-state index in [1.807, 2.05) is 12.1 Å². The predicted octanol–water partition coefficient (Wildman–Crippen LogP) is 1.42. The van der Waals surface area contributed by atoms with Gasteiger partial charge in [0.15, 0.2) is 0 Å². The summed E-state index contributed by atoms with van der Waals surface area (Å²) in [5, 5.41) is 3.24. The Labute approximate surface area is 113 Å². The summed E-state index contributed by atoms with van der Waals surface area (Å²) in [6.07, 6.45) is 2.87. The van der Waals surface area contributed by atoms with Crippen molar-refractivity contribution in [2.45, 2.75) is 38.0 Å². The van der Waals surface area contributed by atoms with Crippen LogP contribution in [0.4, 0.5) is 0 Å². The molecule has 2 unspecified atom stereocenters. The minimum absolute atomic E-state index is 0.0971. The van der Waals surface area contributed by atoms with Gasteiger partial charge < -0.3 is 14.8 Å². The minimum Gasteiger partial charge on any atom is -0.462 e. The summed E-state index contributed by atoms with van der Waals surface area (Å²) in [6.45, 7) is 1.91. The first-order valence-electron chi connectivity index (χ1n) is 6.91. The van der Waals surface area contributed by atoms with E-state index in [0.717, 1.165) is 26.0 Å². The van der Waals surface area contributed by atoms with Crippen LogP contribution in [0.1, 0.15) is 24.0 Å². The van der Waals surface area contributed by atoms with Crippen molar-refractivity contribution in [1.29, 1.82) is 0 Å². The second kappa shape index (κ2) is 5.72. The molecule has 102 valence electrons. The first-order valence-corrected chi connectivity index (χ1v) is 6.91. The lowest BCUT2D eigenvalue weighted by Gasteiger charge is -2.25. The van der Waals surface area contributed by atoms with E-state index < -0.39 is 0 Å². The summed E-state index contributed by atoms with van der Waals surface area (Å²) < 4.78 is 10.8. The Balaban J connectivity index is 1.54. The van der Waals surface area contributed by atoms with Crippen molar-refractivity contribution in [3.8, 4) is 0 Å². The van der Waals surface area contributed by atoms with Crippen molar-refractivity contribution in [3.05, 3.63) is 35.4 Å². The molecule has 2 heterocycles. The van der Waals surface area contributed by atoms with Gasteiger partial charge in [0.2, 0.25) is 0 Å². The molecule has 2 aliphatic heterocycles. The lowest BCUT2D eigenvalue weighted by atomic mass is 9.96. The van der Waals surface area contributed by atoms with Crippen LogP contribution in [0.3, 0.4) is 0 Å². The van der Waals surface area contributed by atoms with E-state index in [1.165, 1.54) is 11.1 Å². The van der Waals surface area contributed by atoms with Gasteiger partial charge in [0.05, 0.1) is 6.10 Å². The van der Waals surface area contributed by atoms with Gasteiger partial charge in [-0.1, -0.05) is 24.3 Å². The van der Waals surface area contributed by atoms with Crippen LogP contribution in [0, 0.1) is 0 Å². The maximum atomic E-state index is 12.0. The summed E-state index contributed by atoms with van der Waals surface area (Å²) in [7, 11) is 0. The third-order valence-corrected chi connectivity index (χ3v) is 3.80. The Hall–Kier alpha value is -1.39. The second-order valence-electron chi connectivity index (χ2n) is 5.17. The van der Waals surface area contributed by atoms with Crippen molar-refractivity contribution < 1.29 is 14.3 Å². The molecule has 1 saturated heterocycles. The third kappa shape index (κ3) is 2.96. The highest BCUT2D eigenvalue weighted by molar-refractivity contribution is 5.76. The second-order valence-corrected chi connectivity index (χ2v) is 5.17. The van der Waals surface area contributed by atoms with E-state index in [4.69, 9.17) is 9.47 Å². The molecular weight excluding hydrogens is 242 g/mol. The van der Waals surface area contributed by atoms with E-state index in [-0.39, 0.29) is 18.1 Å². The first-order chi connectivity index (χ1) is 9.33. The summed E-state index contributed by atoms with van der Waals surface area (Å²) in [4.78, 5) is 12.0. The van der Waals surface area contributed by atoms with Crippen molar-refractivity contribution in [2.24, 2.45) is 0 Å². The summed E-state index contributed by atoms with van der Waals surface area (Å²) >= 11 is 0. The minimum atomic E-state index is -0.226. The van der Waals surface area contributed by atoms with Crippen molar-refractivity contribution >= 4 is 5.97 Å². The van der Waals surface area contributed by atoms with Gasteiger partial charge in [-0.3, -0.25) is 4.79 Å². The zero-order chi connectivity index (χ0) is 13.1. The fourth-order valence-electron chi connectivity index (χ4n) is 2.67. The molecule has 1 aromatic rings. The average molecular weight is 261 g/mol. The molecule has 0 aromatic heterocycles. The van der Waals surface area contributed by atoms with Crippen LogP contribution >= 0.6 is 0 Å². The molecular formula is C15H19NO3. The fourth-order valence-corrected chi connectivity index (χ4v) is 2.67. The van der Waals surface area contributed by atoms with Gasteiger partial charge in [-0.05, 0) is 30.4 Å². The smallest absolute Gasteiger partial charge is 0.323 e. The number of nitrogens with one attached hydrogen (secondary N) is 1. The van der Waals surface area contributed by atoms with Gasteiger partial charge in [0.1, 0.15) is 12.6 Å². The fraction of sp³-hybridized carbons (Fsp3) is 0.533. The number of ether oxygens (including phenoxy) is 2. The van der Waals surface area contributed by atoms with Gasteiger partial charge in [0, 0.05) is 13.2 Å². The Morgan fingerprint density at radius 3 is 3.00 bits per heavy atom. The molecule has 19 heavy (non-hydrogen) atoms. The van der Waals surface area contributed by atoms with Crippen molar-refractivity contribution in [1.82, 2.24) is 5.32 Å². The van der Waals surface area contributed by atoms with E-state index in [2.05, 4.69) is 17.4 Å². The highest BCUT2D eigenvalue weighted by Gasteiger charge is 2.26. The quantitative estimate of drug-likeness (QED) is 0.836. The molecule has 3 rings (SSSR count). The van der Waals surface area contributed by atoms with Gasteiger partial charge in [-0.15, -0.1) is 0 Å². The topological polar surface area (TPSA) is 47.6 Å². The Kier molecular flexibility index (Phi) is 3.80. The largest absolute Gasteiger partial charge is 0.462 e. The zero-order valence-corrected chi connectivity index (χ0v) is 10.9. The molecule has 2 atom stereocenters. The molecule has 1 fully saturated rings. The molecule has 0 saturated carbocycles. The molecule has 0 spiro atoms. The standard InChI is InChI=1S/C15H19NO3/c17-15(19-10-13-6-3-7-18-13)14-8-11-4-1-2-5-12(11)9-16-14/h1-2,4-5,13-14,16H,3,6-10H2. The van der Waals surface area contributed by atoms with Crippen LogP contribution in [0.15, 0.2) is 24.3 Å². The van der Waals surface area contributed by atoms with E-state index in [9.17, 15) is 4.79 Å². The number of hydrogen-bond donors (Lipinski definition) is 1. The number of carbonyl (C=O) groups excluding carboxylic acids is 1. The van der Waals surface area contributed by atoms with Gasteiger partial charge in [0.25, 0.3) is 0 Å². The number of esters is 1. The van der Waals surface area contributed by atoms with E-state index in [1.54, 1.807) is 0 Å². The summed E-state index contributed by atoms with van der Waals surface area (Å²) in [5.41, 5.74) is 2.51. The molecule has 4 heteroatoms. The highest BCUT2D eigenvalue weighted by atomic mass is 16.6. The maximum absolute atomic E-state index is 12.0.